The average Bonchev–Trinajstić information content (AvgIpc) is 3.31. The molecule has 0 aliphatic heterocycles. The van der Waals surface area contributed by atoms with Crippen LogP contribution in [0.25, 0.3) is 11.3 Å². The molecule has 0 saturated heterocycles. The minimum absolute atomic E-state index is 0.0655. The minimum atomic E-state index is -8.58. The highest BCUT2D eigenvalue weighted by Gasteiger charge is 2.94. The molecule has 2 aromatic rings. The SMILES string of the molecule is CC(C)c1ccc(-c2csc(NC(=O)C(F)(F)C(F)(F)C(F)(F)C(F)(F)C(F)(F)C(F)(F)C(F)(F)C(F)F)n2)cc1. The zero-order chi connectivity index (χ0) is 32.2. The van der Waals surface area contributed by atoms with E-state index >= 15 is 0 Å². The lowest BCUT2D eigenvalue weighted by atomic mass is 9.89. The second kappa shape index (κ2) is 10.5. The summed E-state index contributed by atoms with van der Waals surface area (Å²) in [6.45, 7) is 3.65. The third-order valence-corrected chi connectivity index (χ3v) is 6.31. The molecule has 1 N–H and O–H groups in total. The number of hydrogen-bond donors (Lipinski definition) is 1. The zero-order valence-electron chi connectivity index (χ0n) is 19.9. The standard InChI is InChI=1S/C21H14F16N2OS/c1-8(2)9-3-5-10(6-4-9)11-7-41-14(38-11)39-13(40)16(26,27)18(30,31)20(34,35)21(36,37)19(32,33)17(28,29)15(24,25)12(22)23/h3-8,12H,1-2H3,(H,38,39,40). The van der Waals surface area contributed by atoms with Gasteiger partial charge in [-0.05, 0) is 11.5 Å². The Bertz CT molecular complexity index is 1240. The molecular formula is C21H14F16N2OS. The lowest BCUT2D eigenvalue weighted by molar-refractivity contribution is -0.443. The number of alkyl halides is 16. The van der Waals surface area contributed by atoms with Crippen LogP contribution in [0.3, 0.4) is 0 Å². The van der Waals surface area contributed by atoms with Crippen molar-refractivity contribution in [3.05, 3.63) is 35.2 Å². The van der Waals surface area contributed by atoms with E-state index in [9.17, 15) is 75.0 Å². The molecule has 1 amide bonds. The van der Waals surface area contributed by atoms with E-state index in [1.54, 1.807) is 12.1 Å². The summed E-state index contributed by atoms with van der Waals surface area (Å²) in [4.78, 5) is 15.2. The van der Waals surface area contributed by atoms with Gasteiger partial charge in [0.25, 0.3) is 0 Å². The van der Waals surface area contributed by atoms with E-state index in [1.165, 1.54) is 12.1 Å². The molecule has 1 aromatic carbocycles. The van der Waals surface area contributed by atoms with Crippen molar-refractivity contribution in [1.82, 2.24) is 4.98 Å². The average molecular weight is 646 g/mol. The maximum Gasteiger partial charge on any atom is 0.393 e. The molecule has 0 bridgehead atoms. The lowest BCUT2D eigenvalue weighted by Gasteiger charge is -2.42. The van der Waals surface area contributed by atoms with Gasteiger partial charge in [-0.1, -0.05) is 38.1 Å². The molecule has 0 aliphatic rings. The van der Waals surface area contributed by atoms with Crippen molar-refractivity contribution >= 4 is 22.4 Å². The van der Waals surface area contributed by atoms with E-state index in [4.69, 9.17) is 0 Å². The number of hydrogen-bond acceptors (Lipinski definition) is 3. The second-order valence-corrected chi connectivity index (χ2v) is 9.50. The molecule has 41 heavy (non-hydrogen) atoms. The van der Waals surface area contributed by atoms with E-state index in [-0.39, 0.29) is 28.5 Å². The van der Waals surface area contributed by atoms with Crippen LogP contribution in [0.5, 0.6) is 0 Å². The number of carbonyl (C=O) groups is 1. The molecule has 0 saturated carbocycles. The summed E-state index contributed by atoms with van der Waals surface area (Å²) < 4.78 is 215. The molecule has 0 spiro atoms. The third kappa shape index (κ3) is 5.19. The van der Waals surface area contributed by atoms with Crippen molar-refractivity contribution in [3.8, 4) is 11.3 Å². The normalized spacial score (nSPS) is 14.6. The van der Waals surface area contributed by atoms with Crippen LogP contribution >= 0.6 is 11.3 Å². The van der Waals surface area contributed by atoms with Gasteiger partial charge < -0.3 is 0 Å². The van der Waals surface area contributed by atoms with E-state index in [1.807, 2.05) is 13.8 Å². The number of thiazole rings is 1. The van der Waals surface area contributed by atoms with Gasteiger partial charge in [-0.15, -0.1) is 11.3 Å². The first kappa shape index (κ1) is 34.4. The quantitative estimate of drug-likeness (QED) is 0.249. The van der Waals surface area contributed by atoms with Crippen LogP contribution in [0.15, 0.2) is 29.6 Å². The number of carbonyl (C=O) groups excluding carboxylic acids is 1. The van der Waals surface area contributed by atoms with Gasteiger partial charge >= 0.3 is 53.8 Å². The van der Waals surface area contributed by atoms with Crippen molar-refractivity contribution in [2.45, 2.75) is 67.6 Å². The number of halogens is 16. The molecule has 3 nitrogen and oxygen atoms in total. The van der Waals surface area contributed by atoms with Crippen LogP contribution in [-0.4, -0.2) is 58.8 Å². The Morgan fingerprint density at radius 1 is 0.732 bits per heavy atom. The van der Waals surface area contributed by atoms with Gasteiger partial charge in [-0.3, -0.25) is 10.1 Å². The molecule has 2 rings (SSSR count). The van der Waals surface area contributed by atoms with Gasteiger partial charge in [0.05, 0.1) is 5.69 Å². The van der Waals surface area contributed by atoms with Gasteiger partial charge in [-0.2, -0.15) is 61.5 Å². The molecular weight excluding hydrogens is 632 g/mol. The predicted octanol–water partition coefficient (Wildman–Crippen LogP) is 8.58. The summed E-state index contributed by atoms with van der Waals surface area (Å²) in [5, 5.41) is 0.819. The number of aromatic nitrogens is 1. The molecule has 0 fully saturated rings. The highest BCUT2D eigenvalue weighted by atomic mass is 32.1. The molecule has 232 valence electrons. The summed E-state index contributed by atoms with van der Waals surface area (Å²) in [7, 11) is 0. The maximum atomic E-state index is 14.1. The lowest BCUT2D eigenvalue weighted by Crippen LogP contribution is -2.74. The highest BCUT2D eigenvalue weighted by Crippen LogP contribution is 2.62. The largest absolute Gasteiger partial charge is 0.393 e. The van der Waals surface area contributed by atoms with Gasteiger partial charge in [0, 0.05) is 10.9 Å². The fourth-order valence-electron chi connectivity index (χ4n) is 2.96. The van der Waals surface area contributed by atoms with Gasteiger partial charge in [0.15, 0.2) is 5.13 Å². The van der Waals surface area contributed by atoms with Crippen molar-refractivity contribution in [1.29, 1.82) is 0 Å². The molecule has 1 heterocycles. The highest BCUT2D eigenvalue weighted by molar-refractivity contribution is 7.14. The van der Waals surface area contributed by atoms with Gasteiger partial charge in [0.1, 0.15) is 0 Å². The Balaban J connectivity index is 2.41. The summed E-state index contributed by atoms with van der Waals surface area (Å²) >= 11 is 0.206. The van der Waals surface area contributed by atoms with Crippen molar-refractivity contribution < 1.29 is 75.0 Å². The third-order valence-electron chi connectivity index (χ3n) is 5.55. The Morgan fingerprint density at radius 3 is 1.61 bits per heavy atom. The number of anilines is 1. The zero-order valence-corrected chi connectivity index (χ0v) is 20.7. The van der Waals surface area contributed by atoms with Crippen molar-refractivity contribution in [3.63, 3.8) is 0 Å². The maximum absolute atomic E-state index is 14.1. The van der Waals surface area contributed by atoms with Crippen LogP contribution in [0, 0.1) is 0 Å². The molecule has 0 unspecified atom stereocenters. The molecule has 1 aromatic heterocycles. The fraction of sp³-hybridized carbons (Fsp3) is 0.524. The molecule has 0 atom stereocenters. The van der Waals surface area contributed by atoms with E-state index < -0.39 is 58.9 Å². The topological polar surface area (TPSA) is 42.0 Å². The van der Waals surface area contributed by atoms with Gasteiger partial charge in [-0.25, -0.2) is 13.8 Å². The number of amides is 1. The van der Waals surface area contributed by atoms with Crippen LogP contribution in [0.2, 0.25) is 0 Å². The van der Waals surface area contributed by atoms with Crippen LogP contribution < -0.4 is 5.32 Å². The summed E-state index contributed by atoms with van der Waals surface area (Å²) in [5.41, 5.74) is 0.950. The molecule has 20 heteroatoms. The van der Waals surface area contributed by atoms with Crippen LogP contribution in [-0.2, 0) is 4.79 Å². The monoisotopic (exact) mass is 646 g/mol. The predicted molar refractivity (Wildman–Crippen MR) is 111 cm³/mol. The van der Waals surface area contributed by atoms with Crippen molar-refractivity contribution in [2.75, 3.05) is 5.32 Å². The summed E-state index contributed by atoms with van der Waals surface area (Å²) in [5.74, 6) is -59.9. The number of nitrogens with one attached hydrogen (secondary N) is 1. The number of benzene rings is 1. The fourth-order valence-corrected chi connectivity index (χ4v) is 3.67. The molecule has 0 aliphatic carbocycles. The van der Waals surface area contributed by atoms with Crippen LogP contribution in [0.4, 0.5) is 75.4 Å². The van der Waals surface area contributed by atoms with Gasteiger partial charge in [0.2, 0.25) is 0 Å². The minimum Gasteiger partial charge on any atom is -0.296 e. The summed E-state index contributed by atoms with van der Waals surface area (Å²) in [6, 6.07) is 6.06. The molecule has 0 radical (unpaired) electrons. The number of nitrogens with zero attached hydrogens (tertiary/aromatic N) is 1. The number of rotatable bonds is 11. The Kier molecular flexibility index (Phi) is 8.79. The van der Waals surface area contributed by atoms with E-state index in [0.717, 1.165) is 16.3 Å². The smallest absolute Gasteiger partial charge is 0.296 e. The van der Waals surface area contributed by atoms with Crippen LogP contribution in [0.1, 0.15) is 25.3 Å². The van der Waals surface area contributed by atoms with E-state index in [2.05, 4.69) is 4.98 Å². The van der Waals surface area contributed by atoms with Crippen molar-refractivity contribution in [2.24, 2.45) is 0 Å². The Morgan fingerprint density at radius 2 is 1.17 bits per heavy atom. The Hall–Kier alpha value is -2.80. The first-order valence-electron chi connectivity index (χ1n) is 10.5. The summed E-state index contributed by atoms with van der Waals surface area (Å²) in [6.07, 6.45) is -5.93. The Labute approximate surface area is 222 Å². The first-order chi connectivity index (χ1) is 18.2. The first-order valence-corrected chi connectivity index (χ1v) is 11.4. The van der Waals surface area contributed by atoms with E-state index in [0.29, 0.717) is 0 Å². The second-order valence-electron chi connectivity index (χ2n) is 8.64.